The van der Waals surface area contributed by atoms with Crippen LogP contribution >= 0.6 is 22.9 Å². The largest absolute Gasteiger partial charge is 0.282 e. The number of thiazole rings is 1. The number of pyridine rings is 1. The monoisotopic (exact) mass is 448 g/mol. The van der Waals surface area contributed by atoms with Crippen LogP contribution in [0.4, 0.5) is 5.13 Å². The maximum Gasteiger partial charge on any atom is 0.250 e. The molecule has 3 heterocycles. The number of nitrogens with zero attached hydrogens (tertiary/aromatic N) is 6. The summed E-state index contributed by atoms with van der Waals surface area (Å²) in [6.07, 6.45) is 3.46. The molecule has 0 spiro atoms. The molecule has 0 radical (unpaired) electrons. The van der Waals surface area contributed by atoms with Gasteiger partial charge in [-0.1, -0.05) is 46.4 Å². The molecular weight excluding hydrogens is 432 g/mol. The first-order valence-corrected chi connectivity index (χ1v) is 10.8. The maximum absolute atomic E-state index is 13.4. The summed E-state index contributed by atoms with van der Waals surface area (Å²) < 4.78 is 2.55. The minimum atomic E-state index is -0.137. The van der Waals surface area contributed by atoms with Gasteiger partial charge in [0.1, 0.15) is 12.1 Å². The topological polar surface area (TPSA) is 76.8 Å². The molecule has 154 valence electrons. The fourth-order valence-corrected chi connectivity index (χ4v) is 4.88. The molecule has 0 aliphatic rings. The molecule has 5 rings (SSSR count). The van der Waals surface area contributed by atoms with Gasteiger partial charge in [0.05, 0.1) is 22.3 Å². The molecule has 3 aromatic heterocycles. The lowest BCUT2D eigenvalue weighted by atomic mass is 10.2. The number of aryl methyl sites for hydroxylation is 1. The van der Waals surface area contributed by atoms with Crippen molar-refractivity contribution in [2.75, 3.05) is 4.90 Å². The molecule has 2 aromatic carbocycles. The van der Waals surface area contributed by atoms with E-state index < -0.39 is 0 Å². The van der Waals surface area contributed by atoms with E-state index in [1.54, 1.807) is 22.0 Å². The second-order valence-electron chi connectivity index (χ2n) is 7.14. The Morgan fingerprint density at radius 2 is 2.06 bits per heavy atom. The summed E-state index contributed by atoms with van der Waals surface area (Å²) in [4.78, 5) is 24.1. The van der Waals surface area contributed by atoms with Crippen molar-refractivity contribution < 1.29 is 4.79 Å². The molecule has 31 heavy (non-hydrogen) atoms. The molecule has 9 heteroatoms. The van der Waals surface area contributed by atoms with E-state index in [0.717, 1.165) is 32.4 Å². The van der Waals surface area contributed by atoms with Gasteiger partial charge in [0.15, 0.2) is 5.13 Å². The minimum absolute atomic E-state index is 0.0520. The Bertz CT molecular complexity index is 1400. The molecule has 7 nitrogen and oxygen atoms in total. The van der Waals surface area contributed by atoms with Crippen LogP contribution in [0, 0.1) is 6.92 Å². The number of carbonyl (C=O) groups is 1. The Labute approximate surface area is 186 Å². The number of halogens is 1. The summed E-state index contributed by atoms with van der Waals surface area (Å²) in [6, 6.07) is 15.1. The first-order valence-electron chi connectivity index (χ1n) is 9.63. The van der Waals surface area contributed by atoms with E-state index in [1.807, 2.05) is 55.5 Å². The third-order valence-corrected chi connectivity index (χ3v) is 6.18. The van der Waals surface area contributed by atoms with Crippen LogP contribution in [0.25, 0.3) is 21.3 Å². The zero-order chi connectivity index (χ0) is 21.4. The smallest absolute Gasteiger partial charge is 0.250 e. The summed E-state index contributed by atoms with van der Waals surface area (Å²) in [7, 11) is 0. The van der Waals surface area contributed by atoms with Crippen molar-refractivity contribution in [3.8, 4) is 0 Å². The zero-order valence-electron chi connectivity index (χ0n) is 16.6. The highest BCUT2D eigenvalue weighted by Gasteiger charge is 2.22. The maximum atomic E-state index is 13.4. The summed E-state index contributed by atoms with van der Waals surface area (Å²) in [5.41, 5.74) is 4.29. The Balaban J connectivity index is 1.54. The molecule has 0 atom stereocenters. The van der Waals surface area contributed by atoms with Crippen molar-refractivity contribution in [2.45, 2.75) is 20.0 Å². The number of benzene rings is 2. The Morgan fingerprint density at radius 3 is 2.90 bits per heavy atom. The fourth-order valence-electron chi connectivity index (χ4n) is 3.44. The van der Waals surface area contributed by atoms with Gasteiger partial charge in [-0.2, -0.15) is 0 Å². The quantitative estimate of drug-likeness (QED) is 0.391. The highest BCUT2D eigenvalue weighted by Crippen LogP contribution is 2.34. The number of rotatable bonds is 5. The number of amides is 1. The predicted octanol–water partition coefficient (Wildman–Crippen LogP) is 4.63. The summed E-state index contributed by atoms with van der Waals surface area (Å²) in [5, 5.41) is 9.57. The SMILES string of the molecule is Cc1cc(Cl)cc2sc(N(Cc3cccnc3)C(=O)Cn3nnc4ccccc43)nc12. The number of hydrogen-bond donors (Lipinski definition) is 0. The average molecular weight is 449 g/mol. The number of anilines is 1. The van der Waals surface area contributed by atoms with E-state index >= 15 is 0 Å². The number of carbonyl (C=O) groups excluding carboxylic acids is 1. The van der Waals surface area contributed by atoms with Crippen LogP contribution in [-0.2, 0) is 17.9 Å². The summed E-state index contributed by atoms with van der Waals surface area (Å²) in [5.74, 6) is -0.137. The van der Waals surface area contributed by atoms with Gasteiger partial charge in [-0.3, -0.25) is 14.7 Å². The van der Waals surface area contributed by atoms with Crippen LogP contribution in [0.15, 0.2) is 60.9 Å². The normalized spacial score (nSPS) is 11.3. The first kappa shape index (κ1) is 19.6. The van der Waals surface area contributed by atoms with Gasteiger partial charge in [0, 0.05) is 17.4 Å². The van der Waals surface area contributed by atoms with Gasteiger partial charge in [-0.05, 0) is 48.4 Å². The van der Waals surface area contributed by atoms with E-state index in [0.29, 0.717) is 16.7 Å². The molecule has 0 fully saturated rings. The molecule has 0 saturated heterocycles. The highest BCUT2D eigenvalue weighted by molar-refractivity contribution is 7.22. The van der Waals surface area contributed by atoms with Crippen molar-refractivity contribution in [2.24, 2.45) is 0 Å². The standard InChI is InChI=1S/C22H17ClN6OS/c1-14-9-16(23)10-19-21(14)25-22(31-19)28(12-15-5-4-8-24-11-15)20(30)13-29-18-7-3-2-6-17(18)26-27-29/h2-11H,12-13H2,1H3. The van der Waals surface area contributed by atoms with E-state index in [9.17, 15) is 4.79 Å². The lowest BCUT2D eigenvalue weighted by molar-refractivity contribution is -0.119. The Kier molecular flexibility index (Phi) is 5.09. The minimum Gasteiger partial charge on any atom is -0.282 e. The van der Waals surface area contributed by atoms with Crippen LogP contribution in [0.5, 0.6) is 0 Å². The Hall–Kier alpha value is -3.36. The van der Waals surface area contributed by atoms with E-state index in [4.69, 9.17) is 16.6 Å². The number of para-hydroxylation sites is 1. The summed E-state index contributed by atoms with van der Waals surface area (Å²) >= 11 is 7.67. The second kappa shape index (κ2) is 8.05. The molecule has 0 bridgehead atoms. The van der Waals surface area contributed by atoms with E-state index in [1.165, 1.54) is 11.3 Å². The van der Waals surface area contributed by atoms with Gasteiger partial charge in [-0.15, -0.1) is 5.10 Å². The second-order valence-corrected chi connectivity index (χ2v) is 8.59. The van der Waals surface area contributed by atoms with Crippen LogP contribution in [0.1, 0.15) is 11.1 Å². The van der Waals surface area contributed by atoms with Crippen LogP contribution in [0.3, 0.4) is 0 Å². The number of hydrogen-bond acceptors (Lipinski definition) is 6. The number of fused-ring (bicyclic) bond motifs is 2. The van der Waals surface area contributed by atoms with E-state index in [2.05, 4.69) is 15.3 Å². The lowest BCUT2D eigenvalue weighted by Gasteiger charge is -2.20. The molecule has 5 aromatic rings. The van der Waals surface area contributed by atoms with Crippen molar-refractivity contribution in [1.29, 1.82) is 0 Å². The van der Waals surface area contributed by atoms with Crippen LogP contribution in [-0.4, -0.2) is 30.9 Å². The molecule has 0 aliphatic carbocycles. The number of aromatic nitrogens is 5. The molecule has 0 unspecified atom stereocenters. The van der Waals surface area contributed by atoms with Crippen molar-refractivity contribution >= 4 is 55.2 Å². The Morgan fingerprint density at radius 1 is 1.19 bits per heavy atom. The zero-order valence-corrected chi connectivity index (χ0v) is 18.1. The lowest BCUT2D eigenvalue weighted by Crippen LogP contribution is -2.33. The van der Waals surface area contributed by atoms with Gasteiger partial charge >= 0.3 is 0 Å². The molecular formula is C22H17ClN6OS. The van der Waals surface area contributed by atoms with Crippen molar-refractivity contribution in [3.63, 3.8) is 0 Å². The third-order valence-electron chi connectivity index (χ3n) is 4.94. The molecule has 0 saturated carbocycles. The highest BCUT2D eigenvalue weighted by atomic mass is 35.5. The molecule has 0 aliphatic heterocycles. The molecule has 0 N–H and O–H groups in total. The van der Waals surface area contributed by atoms with Crippen molar-refractivity contribution in [1.82, 2.24) is 25.0 Å². The van der Waals surface area contributed by atoms with Gasteiger partial charge in [-0.25, -0.2) is 9.67 Å². The summed E-state index contributed by atoms with van der Waals surface area (Å²) in [6.45, 7) is 2.37. The predicted molar refractivity (Wildman–Crippen MR) is 122 cm³/mol. The van der Waals surface area contributed by atoms with Crippen molar-refractivity contribution in [3.05, 3.63) is 77.1 Å². The fraction of sp³-hybridized carbons (Fsp3) is 0.136. The average Bonchev–Trinajstić information content (AvgIpc) is 3.37. The van der Waals surface area contributed by atoms with Gasteiger partial charge < -0.3 is 0 Å². The van der Waals surface area contributed by atoms with Gasteiger partial charge in [0.25, 0.3) is 5.91 Å². The third kappa shape index (κ3) is 3.87. The van der Waals surface area contributed by atoms with Gasteiger partial charge in [0.2, 0.25) is 0 Å². The van der Waals surface area contributed by atoms with E-state index in [-0.39, 0.29) is 12.5 Å². The molecule has 1 amide bonds. The van der Waals surface area contributed by atoms with Crippen LogP contribution < -0.4 is 4.90 Å². The first-order chi connectivity index (χ1) is 15.1. The van der Waals surface area contributed by atoms with Crippen LogP contribution in [0.2, 0.25) is 5.02 Å².